The predicted octanol–water partition coefficient (Wildman–Crippen LogP) is 3.27. The van der Waals surface area contributed by atoms with Gasteiger partial charge in [0.1, 0.15) is 0 Å². The molecule has 0 aliphatic rings. The van der Waals surface area contributed by atoms with Crippen molar-refractivity contribution in [2.45, 2.75) is 45.5 Å². The fraction of sp³-hybridized carbons (Fsp3) is 0.600. The molecule has 1 aromatic carbocycles. The van der Waals surface area contributed by atoms with Crippen LogP contribution in [-0.2, 0) is 12.7 Å². The summed E-state index contributed by atoms with van der Waals surface area (Å²) in [6, 6.07) is 4.02. The molecule has 0 amide bonds. The second kappa shape index (κ2) is 7.66. The Balaban J connectivity index is 3.08. The number of halogens is 3. The summed E-state index contributed by atoms with van der Waals surface area (Å²) in [5, 5.41) is 9.14. The van der Waals surface area contributed by atoms with Crippen LogP contribution < -0.4 is 5.73 Å². The summed E-state index contributed by atoms with van der Waals surface area (Å²) in [5.74, 6) is 0. The SMILES string of the molecule is CCC(CC)N(CCO)Cc1ccc(N)cc1C(F)(F)F. The van der Waals surface area contributed by atoms with Gasteiger partial charge in [-0.25, -0.2) is 0 Å². The van der Waals surface area contributed by atoms with Crippen LogP contribution in [0.5, 0.6) is 0 Å². The van der Waals surface area contributed by atoms with E-state index in [0.717, 1.165) is 18.9 Å². The Kier molecular flexibility index (Phi) is 6.48. The predicted molar refractivity (Wildman–Crippen MR) is 77.7 cm³/mol. The quantitative estimate of drug-likeness (QED) is 0.760. The maximum absolute atomic E-state index is 13.1. The van der Waals surface area contributed by atoms with Crippen LogP contribution >= 0.6 is 0 Å². The van der Waals surface area contributed by atoms with Gasteiger partial charge < -0.3 is 10.8 Å². The van der Waals surface area contributed by atoms with Gasteiger partial charge in [0.25, 0.3) is 0 Å². The van der Waals surface area contributed by atoms with Gasteiger partial charge in [0.15, 0.2) is 0 Å². The van der Waals surface area contributed by atoms with E-state index in [4.69, 9.17) is 10.8 Å². The average Bonchev–Trinajstić information content (AvgIpc) is 2.41. The van der Waals surface area contributed by atoms with Crippen molar-refractivity contribution in [3.8, 4) is 0 Å². The average molecular weight is 304 g/mol. The molecule has 0 heterocycles. The van der Waals surface area contributed by atoms with Crippen molar-refractivity contribution >= 4 is 5.69 Å². The van der Waals surface area contributed by atoms with Gasteiger partial charge in [-0.15, -0.1) is 0 Å². The van der Waals surface area contributed by atoms with Crippen LogP contribution in [0.2, 0.25) is 0 Å². The molecule has 3 nitrogen and oxygen atoms in total. The molecule has 120 valence electrons. The lowest BCUT2D eigenvalue weighted by Crippen LogP contribution is -2.36. The Morgan fingerprint density at radius 1 is 1.24 bits per heavy atom. The summed E-state index contributed by atoms with van der Waals surface area (Å²) in [5.41, 5.74) is 5.07. The minimum Gasteiger partial charge on any atom is -0.399 e. The van der Waals surface area contributed by atoms with Gasteiger partial charge in [-0.3, -0.25) is 4.90 Å². The zero-order chi connectivity index (χ0) is 16.0. The van der Waals surface area contributed by atoms with E-state index in [1.807, 2.05) is 18.7 Å². The van der Waals surface area contributed by atoms with E-state index < -0.39 is 11.7 Å². The molecule has 0 atom stereocenters. The van der Waals surface area contributed by atoms with E-state index in [-0.39, 0.29) is 30.4 Å². The highest BCUT2D eigenvalue weighted by Crippen LogP contribution is 2.34. The lowest BCUT2D eigenvalue weighted by atomic mass is 10.0. The molecule has 1 aromatic rings. The minimum absolute atomic E-state index is 0.0766. The van der Waals surface area contributed by atoms with E-state index in [1.165, 1.54) is 12.1 Å². The molecule has 0 spiro atoms. The smallest absolute Gasteiger partial charge is 0.399 e. The molecule has 21 heavy (non-hydrogen) atoms. The number of rotatable bonds is 7. The molecule has 0 saturated heterocycles. The topological polar surface area (TPSA) is 49.5 Å². The second-order valence-corrected chi connectivity index (χ2v) is 5.08. The van der Waals surface area contributed by atoms with Gasteiger partial charge in [0.2, 0.25) is 0 Å². The standard InChI is InChI=1S/C15H23F3N2O/c1-3-13(4-2)20(7-8-21)10-11-5-6-12(19)9-14(11)15(16,17)18/h5-6,9,13,21H,3-4,7-8,10,19H2,1-2H3. The Hall–Kier alpha value is -1.27. The van der Waals surface area contributed by atoms with Crippen molar-refractivity contribution in [2.75, 3.05) is 18.9 Å². The summed E-state index contributed by atoms with van der Waals surface area (Å²) < 4.78 is 39.3. The van der Waals surface area contributed by atoms with Crippen molar-refractivity contribution in [3.05, 3.63) is 29.3 Å². The first-order valence-corrected chi connectivity index (χ1v) is 7.13. The lowest BCUT2D eigenvalue weighted by molar-refractivity contribution is -0.138. The third-order valence-corrected chi connectivity index (χ3v) is 3.66. The van der Waals surface area contributed by atoms with Crippen molar-refractivity contribution in [2.24, 2.45) is 0 Å². The van der Waals surface area contributed by atoms with Crippen molar-refractivity contribution in [1.29, 1.82) is 0 Å². The number of aliphatic hydroxyl groups is 1. The molecular weight excluding hydrogens is 281 g/mol. The summed E-state index contributed by atoms with van der Waals surface area (Å²) in [4.78, 5) is 1.89. The maximum atomic E-state index is 13.1. The fourth-order valence-corrected chi connectivity index (χ4v) is 2.54. The Morgan fingerprint density at radius 3 is 2.33 bits per heavy atom. The fourth-order valence-electron chi connectivity index (χ4n) is 2.54. The molecule has 0 bridgehead atoms. The van der Waals surface area contributed by atoms with Crippen LogP contribution in [0.25, 0.3) is 0 Å². The molecule has 0 aliphatic carbocycles. The van der Waals surface area contributed by atoms with Crippen LogP contribution in [0.4, 0.5) is 18.9 Å². The Morgan fingerprint density at radius 2 is 1.86 bits per heavy atom. The summed E-state index contributed by atoms with van der Waals surface area (Å²) >= 11 is 0. The third kappa shape index (κ3) is 4.89. The zero-order valence-corrected chi connectivity index (χ0v) is 12.5. The normalized spacial score (nSPS) is 12.4. The number of nitrogens with two attached hydrogens (primary N) is 1. The highest BCUT2D eigenvalue weighted by molar-refractivity contribution is 5.46. The van der Waals surface area contributed by atoms with Crippen molar-refractivity contribution < 1.29 is 18.3 Å². The van der Waals surface area contributed by atoms with Gasteiger partial charge in [-0.2, -0.15) is 13.2 Å². The largest absolute Gasteiger partial charge is 0.416 e. The van der Waals surface area contributed by atoms with Crippen LogP contribution in [0.15, 0.2) is 18.2 Å². The lowest BCUT2D eigenvalue weighted by Gasteiger charge is -2.30. The molecule has 0 aliphatic heterocycles. The summed E-state index contributed by atoms with van der Waals surface area (Å²) in [7, 11) is 0. The minimum atomic E-state index is -4.43. The van der Waals surface area contributed by atoms with Gasteiger partial charge in [-0.05, 0) is 30.5 Å². The summed E-state index contributed by atoms with van der Waals surface area (Å²) in [6.45, 7) is 4.42. The van der Waals surface area contributed by atoms with Crippen LogP contribution in [-0.4, -0.2) is 29.2 Å². The van der Waals surface area contributed by atoms with Crippen LogP contribution in [0.1, 0.15) is 37.8 Å². The Bertz CT molecular complexity index is 445. The van der Waals surface area contributed by atoms with E-state index in [0.29, 0.717) is 6.54 Å². The number of nitrogen functional groups attached to an aromatic ring is 1. The zero-order valence-electron chi connectivity index (χ0n) is 12.5. The molecular formula is C15H23F3N2O. The van der Waals surface area contributed by atoms with Gasteiger partial charge >= 0.3 is 6.18 Å². The van der Waals surface area contributed by atoms with E-state index >= 15 is 0 Å². The number of hydrogen-bond donors (Lipinski definition) is 2. The van der Waals surface area contributed by atoms with Gasteiger partial charge in [-0.1, -0.05) is 19.9 Å². The maximum Gasteiger partial charge on any atom is 0.416 e. The monoisotopic (exact) mass is 304 g/mol. The first kappa shape index (κ1) is 17.8. The molecule has 6 heteroatoms. The number of anilines is 1. The molecule has 0 unspecified atom stereocenters. The molecule has 0 saturated carbocycles. The third-order valence-electron chi connectivity index (χ3n) is 3.66. The van der Waals surface area contributed by atoms with Crippen molar-refractivity contribution in [3.63, 3.8) is 0 Å². The molecule has 3 N–H and O–H groups in total. The van der Waals surface area contributed by atoms with Gasteiger partial charge in [0, 0.05) is 24.8 Å². The van der Waals surface area contributed by atoms with Crippen LogP contribution in [0, 0.1) is 0 Å². The number of alkyl halides is 3. The second-order valence-electron chi connectivity index (χ2n) is 5.08. The molecule has 0 radical (unpaired) electrons. The van der Waals surface area contributed by atoms with E-state index in [1.54, 1.807) is 0 Å². The van der Waals surface area contributed by atoms with E-state index in [9.17, 15) is 13.2 Å². The van der Waals surface area contributed by atoms with Crippen LogP contribution in [0.3, 0.4) is 0 Å². The Labute approximate surface area is 123 Å². The number of hydrogen-bond acceptors (Lipinski definition) is 3. The molecule has 0 fully saturated rings. The molecule has 1 rings (SSSR count). The number of benzene rings is 1. The first-order chi connectivity index (χ1) is 9.83. The van der Waals surface area contributed by atoms with E-state index in [2.05, 4.69) is 0 Å². The van der Waals surface area contributed by atoms with Crippen molar-refractivity contribution in [1.82, 2.24) is 4.90 Å². The highest BCUT2D eigenvalue weighted by atomic mass is 19.4. The number of nitrogens with zero attached hydrogens (tertiary/aromatic N) is 1. The molecule has 0 aromatic heterocycles. The highest BCUT2D eigenvalue weighted by Gasteiger charge is 2.34. The first-order valence-electron chi connectivity index (χ1n) is 7.13. The summed E-state index contributed by atoms with van der Waals surface area (Å²) in [6.07, 6.45) is -2.77. The number of aliphatic hydroxyl groups excluding tert-OH is 1. The van der Waals surface area contributed by atoms with Gasteiger partial charge in [0.05, 0.1) is 12.2 Å².